The highest BCUT2D eigenvalue weighted by Crippen LogP contribution is 2.29. The summed E-state index contributed by atoms with van der Waals surface area (Å²) < 4.78 is 3.32. The third-order valence-corrected chi connectivity index (χ3v) is 7.51. The van der Waals surface area contributed by atoms with E-state index in [1.165, 1.54) is 6.20 Å². The molecule has 7 nitrogen and oxygen atoms in total. The van der Waals surface area contributed by atoms with Gasteiger partial charge in [-0.3, -0.25) is 14.3 Å². The Hall–Kier alpha value is -2.87. The molecule has 36 heavy (non-hydrogen) atoms. The SMILES string of the molecule is Cc1ncc(Cl)cc1C(=O)NC1CCC(Cn2c(=O)n(-c3ccc(Cl)cc3Cl)c3ncccc32)CC1. The molecule has 10 heteroatoms. The number of hydrogen-bond acceptors (Lipinski definition) is 4. The topological polar surface area (TPSA) is 81.8 Å². The van der Waals surface area contributed by atoms with E-state index in [1.807, 2.05) is 12.1 Å². The lowest BCUT2D eigenvalue weighted by molar-refractivity contribution is 0.0919. The molecule has 0 radical (unpaired) electrons. The van der Waals surface area contributed by atoms with E-state index in [-0.39, 0.29) is 17.6 Å². The number of fused-ring (bicyclic) bond motifs is 1. The van der Waals surface area contributed by atoms with Crippen LogP contribution in [0.3, 0.4) is 0 Å². The average Bonchev–Trinajstić information content (AvgIpc) is 3.13. The second-order valence-corrected chi connectivity index (χ2v) is 10.4. The smallest absolute Gasteiger partial charge is 0.335 e. The number of carbonyl (C=O) groups excluding carboxylic acids is 1. The molecule has 0 saturated heterocycles. The molecule has 5 rings (SSSR count). The van der Waals surface area contributed by atoms with Crippen LogP contribution in [0.15, 0.2) is 53.6 Å². The van der Waals surface area contributed by atoms with Crippen molar-refractivity contribution in [2.24, 2.45) is 5.92 Å². The van der Waals surface area contributed by atoms with Crippen molar-refractivity contribution >= 4 is 51.9 Å². The number of rotatable bonds is 5. The predicted octanol–water partition coefficient (Wildman–Crippen LogP) is 5.84. The van der Waals surface area contributed by atoms with E-state index in [2.05, 4.69) is 15.3 Å². The Morgan fingerprint density at radius 1 is 1.06 bits per heavy atom. The number of amides is 1. The van der Waals surface area contributed by atoms with Gasteiger partial charge in [0.05, 0.1) is 32.5 Å². The maximum Gasteiger partial charge on any atom is 0.335 e. The van der Waals surface area contributed by atoms with Gasteiger partial charge in [-0.25, -0.2) is 14.3 Å². The number of hydrogen-bond donors (Lipinski definition) is 1. The number of aryl methyl sites for hydroxylation is 1. The molecular formula is C26H24Cl3N5O2. The van der Waals surface area contributed by atoms with E-state index in [0.29, 0.717) is 50.1 Å². The van der Waals surface area contributed by atoms with E-state index >= 15 is 0 Å². The summed E-state index contributed by atoms with van der Waals surface area (Å²) in [4.78, 5) is 34.9. The van der Waals surface area contributed by atoms with Gasteiger partial charge in [0.1, 0.15) is 0 Å². The Kier molecular flexibility index (Phi) is 7.06. The molecule has 1 aliphatic carbocycles. The van der Waals surface area contributed by atoms with Crippen LogP contribution >= 0.6 is 34.8 Å². The van der Waals surface area contributed by atoms with E-state index in [0.717, 1.165) is 31.2 Å². The van der Waals surface area contributed by atoms with Gasteiger partial charge in [-0.15, -0.1) is 0 Å². The summed E-state index contributed by atoms with van der Waals surface area (Å²) in [5.74, 6) is 0.140. The summed E-state index contributed by atoms with van der Waals surface area (Å²) >= 11 is 18.5. The van der Waals surface area contributed by atoms with Gasteiger partial charge in [0.25, 0.3) is 5.91 Å². The molecule has 1 aromatic carbocycles. The monoisotopic (exact) mass is 543 g/mol. The number of nitrogens with zero attached hydrogens (tertiary/aromatic N) is 4. The van der Waals surface area contributed by atoms with E-state index in [1.54, 1.807) is 46.5 Å². The van der Waals surface area contributed by atoms with Gasteiger partial charge in [-0.2, -0.15) is 0 Å². The van der Waals surface area contributed by atoms with Gasteiger partial charge in [-0.1, -0.05) is 34.8 Å². The number of nitrogens with one attached hydrogen (secondary N) is 1. The lowest BCUT2D eigenvalue weighted by Gasteiger charge is -2.29. The number of aromatic nitrogens is 4. The average molecular weight is 545 g/mol. The van der Waals surface area contributed by atoms with E-state index in [4.69, 9.17) is 34.8 Å². The van der Waals surface area contributed by atoms with Gasteiger partial charge in [0, 0.05) is 30.0 Å². The fourth-order valence-electron chi connectivity index (χ4n) is 4.89. The zero-order chi connectivity index (χ0) is 25.4. The van der Waals surface area contributed by atoms with Gasteiger partial charge >= 0.3 is 5.69 Å². The number of benzene rings is 1. The quantitative estimate of drug-likeness (QED) is 0.342. The summed E-state index contributed by atoms with van der Waals surface area (Å²) in [6.07, 6.45) is 6.64. The Balaban J connectivity index is 1.32. The summed E-state index contributed by atoms with van der Waals surface area (Å²) in [6.45, 7) is 2.36. The lowest BCUT2D eigenvalue weighted by atomic mass is 9.85. The van der Waals surface area contributed by atoms with Gasteiger partial charge < -0.3 is 5.32 Å². The predicted molar refractivity (Wildman–Crippen MR) is 143 cm³/mol. The molecule has 1 saturated carbocycles. The molecule has 1 aliphatic rings. The Bertz CT molecular complexity index is 1510. The van der Waals surface area contributed by atoms with Crippen molar-refractivity contribution in [2.45, 2.75) is 45.2 Å². The molecule has 4 aromatic rings. The highest BCUT2D eigenvalue weighted by Gasteiger charge is 2.26. The second kappa shape index (κ2) is 10.2. The summed E-state index contributed by atoms with van der Waals surface area (Å²) in [5, 5.41) is 4.44. The summed E-state index contributed by atoms with van der Waals surface area (Å²) in [7, 11) is 0. The number of pyridine rings is 2. The van der Waals surface area contributed by atoms with E-state index < -0.39 is 0 Å². The molecular weight excluding hydrogens is 521 g/mol. The maximum absolute atomic E-state index is 13.5. The molecule has 1 N–H and O–H groups in total. The minimum atomic E-state index is -0.188. The third-order valence-electron chi connectivity index (χ3n) is 6.76. The highest BCUT2D eigenvalue weighted by atomic mass is 35.5. The zero-order valence-corrected chi connectivity index (χ0v) is 21.8. The number of halogens is 3. The molecule has 0 atom stereocenters. The Morgan fingerprint density at radius 2 is 1.83 bits per heavy atom. The first-order valence-electron chi connectivity index (χ1n) is 11.8. The normalized spacial score (nSPS) is 17.9. The van der Waals surface area contributed by atoms with Crippen molar-refractivity contribution < 1.29 is 4.79 Å². The first-order chi connectivity index (χ1) is 17.3. The standard InChI is InChI=1S/C26H24Cl3N5O2/c1-15-20(11-18(28)13-31-15)25(35)32-19-7-4-16(5-8-19)14-33-23-3-2-10-30-24(23)34(26(33)36)22-9-6-17(27)12-21(22)29/h2-3,6,9-13,16,19H,4-5,7-8,14H2,1H3,(H,32,35). The molecule has 0 aliphatic heterocycles. The molecule has 1 fully saturated rings. The first-order valence-corrected chi connectivity index (χ1v) is 12.9. The van der Waals surface area contributed by atoms with Crippen molar-refractivity contribution in [2.75, 3.05) is 0 Å². The van der Waals surface area contributed by atoms with Crippen LogP contribution < -0.4 is 11.0 Å². The number of imidazole rings is 1. The summed E-state index contributed by atoms with van der Waals surface area (Å²) in [6, 6.07) is 10.5. The Morgan fingerprint density at radius 3 is 2.58 bits per heavy atom. The molecule has 3 aromatic heterocycles. The maximum atomic E-state index is 13.5. The van der Waals surface area contributed by atoms with Crippen molar-refractivity contribution in [3.8, 4) is 5.69 Å². The Labute approximate surface area is 223 Å². The zero-order valence-electron chi connectivity index (χ0n) is 19.5. The van der Waals surface area contributed by atoms with Crippen molar-refractivity contribution in [1.29, 1.82) is 0 Å². The molecule has 0 unspecified atom stereocenters. The first kappa shape index (κ1) is 24.8. The van der Waals surface area contributed by atoms with E-state index in [9.17, 15) is 9.59 Å². The third kappa shape index (κ3) is 4.88. The second-order valence-electron chi connectivity index (χ2n) is 9.15. The van der Waals surface area contributed by atoms with Crippen LogP contribution in [-0.2, 0) is 6.54 Å². The van der Waals surface area contributed by atoms with Gasteiger partial charge in [-0.05, 0) is 74.9 Å². The van der Waals surface area contributed by atoms with Crippen LogP contribution in [-0.4, -0.2) is 31.1 Å². The molecule has 1 amide bonds. The number of carbonyl (C=O) groups is 1. The molecule has 3 heterocycles. The highest BCUT2D eigenvalue weighted by molar-refractivity contribution is 6.35. The molecule has 0 spiro atoms. The van der Waals surface area contributed by atoms with Crippen molar-refractivity contribution in [1.82, 2.24) is 24.4 Å². The van der Waals surface area contributed by atoms with Crippen LogP contribution in [0.5, 0.6) is 0 Å². The van der Waals surface area contributed by atoms with Crippen LogP contribution in [0.2, 0.25) is 15.1 Å². The van der Waals surface area contributed by atoms with Crippen LogP contribution in [0, 0.1) is 12.8 Å². The molecule has 0 bridgehead atoms. The van der Waals surface area contributed by atoms with Crippen LogP contribution in [0.1, 0.15) is 41.7 Å². The lowest BCUT2D eigenvalue weighted by Crippen LogP contribution is -2.39. The van der Waals surface area contributed by atoms with Gasteiger partial charge in [0.2, 0.25) is 0 Å². The van der Waals surface area contributed by atoms with Crippen LogP contribution in [0.25, 0.3) is 16.9 Å². The summed E-state index contributed by atoms with van der Waals surface area (Å²) in [5.41, 5.74) is 2.82. The van der Waals surface area contributed by atoms with Crippen molar-refractivity contribution in [3.63, 3.8) is 0 Å². The minimum absolute atomic E-state index is 0.0692. The molecule has 186 valence electrons. The minimum Gasteiger partial charge on any atom is -0.349 e. The van der Waals surface area contributed by atoms with Crippen molar-refractivity contribution in [3.05, 3.63) is 85.6 Å². The van der Waals surface area contributed by atoms with Gasteiger partial charge in [0.15, 0.2) is 5.65 Å². The fourth-order valence-corrected chi connectivity index (χ4v) is 5.54. The van der Waals surface area contributed by atoms with Crippen LogP contribution in [0.4, 0.5) is 0 Å². The fraction of sp³-hybridized carbons (Fsp3) is 0.308. The largest absolute Gasteiger partial charge is 0.349 e.